The minimum absolute atomic E-state index is 0.0717. The first-order valence-corrected chi connectivity index (χ1v) is 11.5. The van der Waals surface area contributed by atoms with Crippen molar-refractivity contribution in [1.82, 2.24) is 15.5 Å². The second kappa shape index (κ2) is 12.1. The van der Waals surface area contributed by atoms with Crippen molar-refractivity contribution in [1.29, 1.82) is 0 Å². The lowest BCUT2D eigenvalue weighted by molar-refractivity contribution is -0.137. The van der Waals surface area contributed by atoms with E-state index >= 15 is 0 Å². The zero-order chi connectivity index (χ0) is 25.4. The summed E-state index contributed by atoms with van der Waals surface area (Å²) in [5.41, 5.74) is 1.81. The smallest absolute Gasteiger partial charge is 0.253 e. The number of nitrogens with zero attached hydrogens (tertiary/aromatic N) is 1. The largest absolute Gasteiger partial charge is 0.344 e. The van der Waals surface area contributed by atoms with Gasteiger partial charge in [-0.25, -0.2) is 0 Å². The maximum atomic E-state index is 12.8. The molecule has 1 aromatic carbocycles. The summed E-state index contributed by atoms with van der Waals surface area (Å²) in [5.74, 6) is -1.99. The molecule has 34 heavy (non-hydrogen) atoms. The van der Waals surface area contributed by atoms with E-state index in [4.69, 9.17) is 0 Å². The van der Waals surface area contributed by atoms with Crippen molar-refractivity contribution < 1.29 is 24.0 Å². The fourth-order valence-corrected chi connectivity index (χ4v) is 3.46. The Bertz CT molecular complexity index is 935. The molecule has 1 aromatic rings. The zero-order valence-corrected chi connectivity index (χ0v) is 20.4. The molecule has 5 amide bonds. The second-order valence-electron chi connectivity index (χ2n) is 9.22. The standard InChI is InChI=1S/C25H34N4O5/c1-15(2)14-18-6-8-19(9-7-18)27-24(33)17(5)26-25(34)23(16(3)4)28-20(30)12-13-29-21(31)10-11-22(29)32/h6-11,15-17,23H,12-14H2,1-5H3,(H,26,34)(H,27,33)(H,28,30)/t17-,23?/m0/s1. The van der Waals surface area contributed by atoms with Gasteiger partial charge >= 0.3 is 0 Å². The van der Waals surface area contributed by atoms with Crippen LogP contribution in [0.3, 0.4) is 0 Å². The van der Waals surface area contributed by atoms with Gasteiger partial charge < -0.3 is 16.0 Å². The van der Waals surface area contributed by atoms with E-state index < -0.39 is 35.7 Å². The Labute approximate surface area is 200 Å². The second-order valence-corrected chi connectivity index (χ2v) is 9.22. The molecule has 1 aliphatic rings. The number of rotatable bonds is 11. The molecule has 0 aliphatic carbocycles. The van der Waals surface area contributed by atoms with Gasteiger partial charge in [-0.05, 0) is 42.9 Å². The molecule has 9 heteroatoms. The molecule has 184 valence electrons. The predicted molar refractivity (Wildman–Crippen MR) is 128 cm³/mol. The molecule has 0 spiro atoms. The first-order chi connectivity index (χ1) is 16.0. The van der Waals surface area contributed by atoms with Crippen molar-refractivity contribution in [2.24, 2.45) is 11.8 Å². The molecule has 0 radical (unpaired) electrons. The average molecular weight is 471 g/mol. The monoisotopic (exact) mass is 470 g/mol. The molecular formula is C25H34N4O5. The Morgan fingerprint density at radius 1 is 0.853 bits per heavy atom. The van der Waals surface area contributed by atoms with Crippen LogP contribution in [0.4, 0.5) is 5.69 Å². The Morgan fingerprint density at radius 2 is 1.44 bits per heavy atom. The van der Waals surface area contributed by atoms with Gasteiger partial charge in [-0.2, -0.15) is 0 Å². The van der Waals surface area contributed by atoms with Gasteiger partial charge in [-0.3, -0.25) is 28.9 Å². The summed E-state index contributed by atoms with van der Waals surface area (Å²) in [6, 6.07) is 5.87. The number of benzene rings is 1. The molecule has 1 aliphatic heterocycles. The van der Waals surface area contributed by atoms with Crippen molar-refractivity contribution in [3.63, 3.8) is 0 Å². The van der Waals surface area contributed by atoms with E-state index in [2.05, 4.69) is 29.8 Å². The third-order valence-electron chi connectivity index (χ3n) is 5.35. The number of carbonyl (C=O) groups excluding carboxylic acids is 5. The molecule has 0 saturated heterocycles. The summed E-state index contributed by atoms with van der Waals surface area (Å²) in [4.78, 5) is 61.8. The summed E-state index contributed by atoms with van der Waals surface area (Å²) in [7, 11) is 0. The molecule has 0 bridgehead atoms. The average Bonchev–Trinajstić information content (AvgIpc) is 3.08. The highest BCUT2D eigenvalue weighted by atomic mass is 16.2. The van der Waals surface area contributed by atoms with Crippen LogP contribution in [0.15, 0.2) is 36.4 Å². The Balaban J connectivity index is 1.87. The number of carbonyl (C=O) groups is 5. The van der Waals surface area contributed by atoms with E-state index in [1.165, 1.54) is 5.56 Å². The zero-order valence-electron chi connectivity index (χ0n) is 20.4. The van der Waals surface area contributed by atoms with Crippen molar-refractivity contribution in [3.8, 4) is 0 Å². The summed E-state index contributed by atoms with van der Waals surface area (Å²) in [6.45, 7) is 9.31. The van der Waals surface area contributed by atoms with Gasteiger partial charge in [0.25, 0.3) is 11.8 Å². The Hall–Kier alpha value is -3.49. The lowest BCUT2D eigenvalue weighted by Gasteiger charge is -2.24. The molecule has 1 heterocycles. The van der Waals surface area contributed by atoms with E-state index in [1.54, 1.807) is 20.8 Å². The van der Waals surface area contributed by atoms with Crippen LogP contribution in [0.1, 0.15) is 46.6 Å². The maximum absolute atomic E-state index is 12.8. The van der Waals surface area contributed by atoms with E-state index in [0.717, 1.165) is 23.5 Å². The molecule has 0 aromatic heterocycles. The van der Waals surface area contributed by atoms with Crippen LogP contribution >= 0.6 is 0 Å². The fourth-order valence-electron chi connectivity index (χ4n) is 3.46. The Morgan fingerprint density at radius 3 is 1.97 bits per heavy atom. The van der Waals surface area contributed by atoms with Crippen LogP contribution in [0.2, 0.25) is 0 Å². The van der Waals surface area contributed by atoms with Crippen LogP contribution in [-0.2, 0) is 30.4 Å². The molecule has 0 saturated carbocycles. The van der Waals surface area contributed by atoms with Gasteiger partial charge in [0.05, 0.1) is 0 Å². The van der Waals surface area contributed by atoms with Crippen molar-refractivity contribution >= 4 is 35.2 Å². The highest BCUT2D eigenvalue weighted by Gasteiger charge is 2.28. The third-order valence-corrected chi connectivity index (χ3v) is 5.35. The van der Waals surface area contributed by atoms with Crippen molar-refractivity contribution in [3.05, 3.63) is 42.0 Å². The topological polar surface area (TPSA) is 125 Å². The number of amides is 5. The SMILES string of the molecule is CC(C)Cc1ccc(NC(=O)[C@H](C)NC(=O)C(NC(=O)CCN2C(=O)C=CC2=O)C(C)C)cc1. The molecule has 3 N–H and O–H groups in total. The highest BCUT2D eigenvalue weighted by Crippen LogP contribution is 2.13. The molecule has 2 rings (SSSR count). The van der Waals surface area contributed by atoms with E-state index in [-0.39, 0.29) is 24.8 Å². The maximum Gasteiger partial charge on any atom is 0.253 e. The molecule has 1 unspecified atom stereocenters. The summed E-state index contributed by atoms with van der Waals surface area (Å²) < 4.78 is 0. The van der Waals surface area contributed by atoms with Crippen molar-refractivity contribution in [2.45, 2.75) is 59.5 Å². The van der Waals surface area contributed by atoms with Gasteiger partial charge in [0.15, 0.2) is 0 Å². The number of hydrogen-bond acceptors (Lipinski definition) is 5. The lowest BCUT2D eigenvalue weighted by atomic mass is 10.0. The van der Waals surface area contributed by atoms with E-state index in [9.17, 15) is 24.0 Å². The first-order valence-electron chi connectivity index (χ1n) is 11.5. The van der Waals surface area contributed by atoms with Crippen molar-refractivity contribution in [2.75, 3.05) is 11.9 Å². The number of imide groups is 1. The number of hydrogen-bond donors (Lipinski definition) is 3. The molecular weight excluding hydrogens is 436 g/mol. The van der Waals surface area contributed by atoms with Gasteiger partial charge in [0.1, 0.15) is 12.1 Å². The quantitative estimate of drug-likeness (QED) is 0.425. The van der Waals surface area contributed by atoms with Crippen LogP contribution in [0, 0.1) is 11.8 Å². The van der Waals surface area contributed by atoms with Gasteiger partial charge in [-0.1, -0.05) is 39.8 Å². The third kappa shape index (κ3) is 7.83. The summed E-state index contributed by atoms with van der Waals surface area (Å²) in [5, 5.41) is 8.05. The van der Waals surface area contributed by atoms with Gasteiger partial charge in [0.2, 0.25) is 17.7 Å². The highest BCUT2D eigenvalue weighted by molar-refractivity contribution is 6.13. The number of nitrogens with one attached hydrogen (secondary N) is 3. The van der Waals surface area contributed by atoms with E-state index in [0.29, 0.717) is 11.6 Å². The van der Waals surface area contributed by atoms with Crippen LogP contribution < -0.4 is 16.0 Å². The van der Waals surface area contributed by atoms with Crippen LogP contribution in [0.25, 0.3) is 0 Å². The summed E-state index contributed by atoms with van der Waals surface area (Å²) >= 11 is 0. The Kier molecular flexibility index (Phi) is 9.53. The fraction of sp³-hybridized carbons (Fsp3) is 0.480. The minimum atomic E-state index is -0.874. The molecule has 9 nitrogen and oxygen atoms in total. The lowest BCUT2D eigenvalue weighted by Crippen LogP contribution is -2.54. The summed E-state index contributed by atoms with van der Waals surface area (Å²) in [6.07, 6.45) is 3.12. The molecule has 2 atom stereocenters. The first kappa shape index (κ1) is 26.8. The van der Waals surface area contributed by atoms with Gasteiger partial charge in [-0.15, -0.1) is 0 Å². The van der Waals surface area contributed by atoms with Crippen LogP contribution in [-0.4, -0.2) is 53.1 Å². The normalized spacial score (nSPS) is 15.0. The molecule has 0 fully saturated rings. The predicted octanol–water partition coefficient (Wildman–Crippen LogP) is 1.78. The van der Waals surface area contributed by atoms with Gasteiger partial charge in [0, 0.05) is 30.8 Å². The van der Waals surface area contributed by atoms with Crippen LogP contribution in [0.5, 0.6) is 0 Å². The van der Waals surface area contributed by atoms with E-state index in [1.807, 2.05) is 24.3 Å². The number of anilines is 1. The minimum Gasteiger partial charge on any atom is -0.344 e.